The van der Waals surface area contributed by atoms with E-state index in [4.69, 9.17) is 0 Å². The van der Waals surface area contributed by atoms with Crippen LogP contribution in [0.1, 0.15) is 13.8 Å². The van der Waals surface area contributed by atoms with Crippen LogP contribution in [0.3, 0.4) is 0 Å². The predicted molar refractivity (Wildman–Crippen MR) is 104 cm³/mol. The molecule has 0 fully saturated rings. The SMILES string of the molecule is CCNC(=O)Nc1ccc2ncc(Nc3ccc(NC(C)=O)cc3)nc2n1. The molecule has 2 aromatic heterocycles. The first-order valence-corrected chi connectivity index (χ1v) is 8.37. The largest absolute Gasteiger partial charge is 0.339 e. The monoisotopic (exact) mass is 365 g/mol. The lowest BCUT2D eigenvalue weighted by Gasteiger charge is -2.08. The van der Waals surface area contributed by atoms with E-state index in [-0.39, 0.29) is 11.9 Å². The second-order valence-corrected chi connectivity index (χ2v) is 5.66. The Hall–Kier alpha value is -3.75. The van der Waals surface area contributed by atoms with Crippen molar-refractivity contribution in [2.45, 2.75) is 13.8 Å². The van der Waals surface area contributed by atoms with E-state index in [0.717, 1.165) is 5.69 Å². The van der Waals surface area contributed by atoms with Gasteiger partial charge in [0, 0.05) is 24.8 Å². The number of urea groups is 1. The molecule has 0 radical (unpaired) electrons. The molecule has 1 aromatic carbocycles. The summed E-state index contributed by atoms with van der Waals surface area (Å²) in [5.74, 6) is 0.774. The Morgan fingerprint density at radius 3 is 2.33 bits per heavy atom. The van der Waals surface area contributed by atoms with Crippen LogP contribution in [-0.2, 0) is 4.79 Å². The molecule has 4 N–H and O–H groups in total. The van der Waals surface area contributed by atoms with Crippen molar-refractivity contribution in [1.29, 1.82) is 0 Å². The Kier molecular flexibility index (Phi) is 5.41. The summed E-state index contributed by atoms with van der Waals surface area (Å²) in [5, 5.41) is 11.1. The smallest absolute Gasteiger partial charge is 0.320 e. The van der Waals surface area contributed by atoms with E-state index in [2.05, 4.69) is 36.2 Å². The number of hydrogen-bond acceptors (Lipinski definition) is 6. The summed E-state index contributed by atoms with van der Waals surface area (Å²) in [6.45, 7) is 3.81. The number of carbonyl (C=O) groups excluding carboxylic acids is 2. The molecule has 0 spiro atoms. The van der Waals surface area contributed by atoms with E-state index in [9.17, 15) is 9.59 Å². The molecule has 0 aliphatic rings. The highest BCUT2D eigenvalue weighted by Crippen LogP contribution is 2.19. The number of nitrogens with zero attached hydrogens (tertiary/aromatic N) is 3. The van der Waals surface area contributed by atoms with Gasteiger partial charge in [-0.15, -0.1) is 0 Å². The van der Waals surface area contributed by atoms with Crippen molar-refractivity contribution in [1.82, 2.24) is 20.3 Å². The average molecular weight is 365 g/mol. The minimum absolute atomic E-state index is 0.126. The molecule has 9 heteroatoms. The molecule has 138 valence electrons. The highest BCUT2D eigenvalue weighted by atomic mass is 16.2. The van der Waals surface area contributed by atoms with Crippen LogP contribution < -0.4 is 21.3 Å². The number of aromatic nitrogens is 3. The zero-order chi connectivity index (χ0) is 19.2. The predicted octanol–water partition coefficient (Wildman–Crippen LogP) is 2.87. The number of anilines is 4. The van der Waals surface area contributed by atoms with Crippen molar-refractivity contribution in [3.63, 3.8) is 0 Å². The molecule has 9 nitrogen and oxygen atoms in total. The van der Waals surface area contributed by atoms with Crippen LogP contribution in [-0.4, -0.2) is 33.4 Å². The quantitative estimate of drug-likeness (QED) is 0.552. The van der Waals surface area contributed by atoms with E-state index in [1.807, 2.05) is 19.1 Å². The molecule has 0 saturated carbocycles. The molecule has 2 heterocycles. The van der Waals surface area contributed by atoms with E-state index in [0.29, 0.717) is 35.0 Å². The summed E-state index contributed by atoms with van der Waals surface area (Å²) in [4.78, 5) is 35.7. The van der Waals surface area contributed by atoms with E-state index in [1.165, 1.54) is 6.92 Å². The van der Waals surface area contributed by atoms with Gasteiger partial charge in [-0.1, -0.05) is 0 Å². The van der Waals surface area contributed by atoms with Crippen LogP contribution in [0.15, 0.2) is 42.6 Å². The first-order chi connectivity index (χ1) is 13.0. The Morgan fingerprint density at radius 1 is 0.926 bits per heavy atom. The summed E-state index contributed by atoms with van der Waals surface area (Å²) in [7, 11) is 0. The molecule has 0 atom stereocenters. The Morgan fingerprint density at radius 2 is 1.63 bits per heavy atom. The van der Waals surface area contributed by atoms with E-state index in [1.54, 1.807) is 30.5 Å². The van der Waals surface area contributed by atoms with Crippen molar-refractivity contribution in [2.24, 2.45) is 0 Å². The molecule has 0 saturated heterocycles. The molecule has 0 bridgehead atoms. The third kappa shape index (κ3) is 4.88. The number of fused-ring (bicyclic) bond motifs is 1. The minimum Gasteiger partial charge on any atom is -0.339 e. The van der Waals surface area contributed by atoms with Gasteiger partial charge in [0.1, 0.15) is 11.3 Å². The maximum absolute atomic E-state index is 11.6. The van der Waals surface area contributed by atoms with E-state index >= 15 is 0 Å². The Labute approximate surface area is 155 Å². The van der Waals surface area contributed by atoms with Gasteiger partial charge >= 0.3 is 6.03 Å². The fourth-order valence-electron chi connectivity index (χ4n) is 2.34. The third-order valence-corrected chi connectivity index (χ3v) is 3.46. The van der Waals surface area contributed by atoms with Gasteiger partial charge in [0.05, 0.1) is 6.20 Å². The standard InChI is InChI=1S/C18H19N7O2/c1-3-19-18(27)25-15-9-8-14-17(23-15)24-16(10-20-14)22-13-6-4-12(5-7-13)21-11(2)26/h4-10H,3H2,1-2H3,(H,21,26)(H3,19,22,23,24,25,27). The Bertz CT molecular complexity index is 973. The average Bonchev–Trinajstić information content (AvgIpc) is 2.63. The number of nitrogens with one attached hydrogen (secondary N) is 4. The fourth-order valence-corrected chi connectivity index (χ4v) is 2.34. The molecule has 0 unspecified atom stereocenters. The number of amides is 3. The summed E-state index contributed by atoms with van der Waals surface area (Å²) in [6.07, 6.45) is 1.60. The van der Waals surface area contributed by atoms with Crippen molar-refractivity contribution < 1.29 is 9.59 Å². The number of carbonyl (C=O) groups is 2. The van der Waals surface area contributed by atoms with Crippen LogP contribution >= 0.6 is 0 Å². The molecule has 0 aliphatic heterocycles. The molecular weight excluding hydrogens is 346 g/mol. The summed E-state index contributed by atoms with van der Waals surface area (Å²) < 4.78 is 0. The number of hydrogen-bond donors (Lipinski definition) is 4. The topological polar surface area (TPSA) is 121 Å². The molecule has 0 aliphatic carbocycles. The van der Waals surface area contributed by atoms with Gasteiger partial charge in [0.25, 0.3) is 0 Å². The van der Waals surface area contributed by atoms with Gasteiger partial charge in [-0.2, -0.15) is 0 Å². The number of rotatable bonds is 5. The van der Waals surface area contributed by atoms with Crippen molar-refractivity contribution in [3.8, 4) is 0 Å². The summed E-state index contributed by atoms with van der Waals surface area (Å²) in [6, 6.07) is 10.3. The van der Waals surface area contributed by atoms with Gasteiger partial charge in [0.15, 0.2) is 11.5 Å². The maximum Gasteiger partial charge on any atom is 0.320 e. The highest BCUT2D eigenvalue weighted by molar-refractivity contribution is 5.90. The van der Waals surface area contributed by atoms with Gasteiger partial charge in [-0.3, -0.25) is 10.1 Å². The van der Waals surface area contributed by atoms with Gasteiger partial charge in [-0.25, -0.2) is 19.7 Å². The van der Waals surface area contributed by atoms with E-state index < -0.39 is 0 Å². The van der Waals surface area contributed by atoms with Crippen molar-refractivity contribution in [2.75, 3.05) is 22.5 Å². The first-order valence-electron chi connectivity index (χ1n) is 8.37. The molecule has 3 rings (SSSR count). The zero-order valence-electron chi connectivity index (χ0n) is 14.9. The van der Waals surface area contributed by atoms with Crippen LogP contribution in [0, 0.1) is 0 Å². The van der Waals surface area contributed by atoms with Gasteiger partial charge in [-0.05, 0) is 43.3 Å². The van der Waals surface area contributed by atoms with Gasteiger partial charge < -0.3 is 16.0 Å². The Balaban J connectivity index is 1.76. The second kappa shape index (κ2) is 8.09. The highest BCUT2D eigenvalue weighted by Gasteiger charge is 2.06. The zero-order valence-corrected chi connectivity index (χ0v) is 14.9. The second-order valence-electron chi connectivity index (χ2n) is 5.66. The van der Waals surface area contributed by atoms with Crippen LogP contribution in [0.4, 0.5) is 27.8 Å². The molecule has 3 amide bonds. The normalized spacial score (nSPS) is 10.3. The van der Waals surface area contributed by atoms with Gasteiger partial charge in [0.2, 0.25) is 5.91 Å². The number of pyridine rings is 1. The van der Waals surface area contributed by atoms with Crippen LogP contribution in [0.5, 0.6) is 0 Å². The molecule has 27 heavy (non-hydrogen) atoms. The lowest BCUT2D eigenvalue weighted by atomic mass is 10.2. The maximum atomic E-state index is 11.6. The summed E-state index contributed by atoms with van der Waals surface area (Å²) in [5.41, 5.74) is 2.52. The lowest BCUT2D eigenvalue weighted by Crippen LogP contribution is -2.28. The third-order valence-electron chi connectivity index (χ3n) is 3.46. The minimum atomic E-state index is -0.328. The number of benzene rings is 1. The van der Waals surface area contributed by atoms with Crippen molar-refractivity contribution in [3.05, 3.63) is 42.6 Å². The molecular formula is C18H19N7O2. The van der Waals surface area contributed by atoms with Crippen LogP contribution in [0.25, 0.3) is 11.2 Å². The lowest BCUT2D eigenvalue weighted by molar-refractivity contribution is -0.114. The molecule has 3 aromatic rings. The fraction of sp³-hybridized carbons (Fsp3) is 0.167. The first kappa shape index (κ1) is 18.1. The van der Waals surface area contributed by atoms with Crippen LogP contribution in [0.2, 0.25) is 0 Å². The van der Waals surface area contributed by atoms with Crippen molar-refractivity contribution >= 4 is 46.1 Å². The summed E-state index contributed by atoms with van der Waals surface area (Å²) >= 11 is 0.